The summed E-state index contributed by atoms with van der Waals surface area (Å²) in [6.07, 6.45) is 0. The first-order chi connectivity index (χ1) is 11.5. The lowest BCUT2D eigenvalue weighted by Gasteiger charge is -2.23. The average molecular weight is 337 g/mol. The molecule has 132 valence electrons. The van der Waals surface area contributed by atoms with Crippen LogP contribution in [0.4, 0.5) is 4.39 Å². The van der Waals surface area contributed by atoms with E-state index in [2.05, 4.69) is 5.32 Å². The molecule has 1 N–H and O–H groups in total. The van der Waals surface area contributed by atoms with E-state index >= 15 is 0 Å². The number of ether oxygens (including phenoxy) is 1. The van der Waals surface area contributed by atoms with Crippen molar-refractivity contribution in [2.45, 2.75) is 13.5 Å². The second-order valence-electron chi connectivity index (χ2n) is 5.94. The number of rotatable bonds is 4. The topological polar surface area (TPSA) is 61.9 Å². The number of methoxy groups -OCH3 is 1. The molecule has 1 fully saturated rings. The molecule has 1 atom stereocenters. The van der Waals surface area contributed by atoms with Crippen LogP contribution in [0.1, 0.15) is 12.5 Å². The van der Waals surface area contributed by atoms with E-state index in [0.29, 0.717) is 38.3 Å². The van der Waals surface area contributed by atoms with Crippen LogP contribution in [0.2, 0.25) is 0 Å². The number of benzene rings is 1. The summed E-state index contributed by atoms with van der Waals surface area (Å²) in [5.74, 6) is -0.688. The van der Waals surface area contributed by atoms with Crippen molar-refractivity contribution in [3.05, 3.63) is 29.6 Å². The molecule has 1 unspecified atom stereocenters. The molecule has 6 nitrogen and oxygen atoms in total. The zero-order valence-electron chi connectivity index (χ0n) is 14.3. The zero-order valence-corrected chi connectivity index (χ0v) is 14.3. The molecular formula is C17H24FN3O3. The van der Waals surface area contributed by atoms with Gasteiger partial charge < -0.3 is 15.0 Å². The van der Waals surface area contributed by atoms with Gasteiger partial charge in [-0.05, 0) is 6.07 Å². The summed E-state index contributed by atoms with van der Waals surface area (Å²) in [4.78, 5) is 27.5. The van der Waals surface area contributed by atoms with Gasteiger partial charge in [-0.2, -0.15) is 0 Å². The molecular weight excluding hydrogens is 313 g/mol. The van der Waals surface area contributed by atoms with E-state index in [0.717, 1.165) is 0 Å². The van der Waals surface area contributed by atoms with Gasteiger partial charge in [-0.25, -0.2) is 4.39 Å². The number of carbonyl (C=O) groups excluding carboxylic acids is 2. The lowest BCUT2D eigenvalue weighted by Crippen LogP contribution is -2.40. The Morgan fingerprint density at radius 1 is 1.33 bits per heavy atom. The second kappa shape index (κ2) is 8.10. The third kappa shape index (κ3) is 4.23. The Morgan fingerprint density at radius 3 is 2.71 bits per heavy atom. The molecule has 0 radical (unpaired) electrons. The predicted octanol–water partition coefficient (Wildman–Crippen LogP) is 0.861. The normalized spacial score (nSPS) is 18.8. The highest BCUT2D eigenvalue weighted by Gasteiger charge is 2.29. The van der Waals surface area contributed by atoms with Gasteiger partial charge in [0.2, 0.25) is 11.8 Å². The first-order valence-corrected chi connectivity index (χ1v) is 7.97. The monoisotopic (exact) mass is 337 g/mol. The van der Waals surface area contributed by atoms with Gasteiger partial charge in [-0.1, -0.05) is 12.1 Å². The van der Waals surface area contributed by atoms with E-state index in [1.807, 2.05) is 4.90 Å². The van der Waals surface area contributed by atoms with Crippen LogP contribution in [0, 0.1) is 11.7 Å². The summed E-state index contributed by atoms with van der Waals surface area (Å²) >= 11 is 0. The van der Waals surface area contributed by atoms with Crippen molar-refractivity contribution < 1.29 is 18.7 Å². The summed E-state index contributed by atoms with van der Waals surface area (Å²) < 4.78 is 19.4. The minimum Gasteiger partial charge on any atom is -0.494 e. The van der Waals surface area contributed by atoms with Crippen LogP contribution in [0.5, 0.6) is 5.75 Å². The zero-order chi connectivity index (χ0) is 17.7. The van der Waals surface area contributed by atoms with E-state index in [9.17, 15) is 14.0 Å². The highest BCUT2D eigenvalue weighted by molar-refractivity contribution is 5.80. The molecule has 2 amide bonds. The molecule has 0 aromatic heterocycles. The van der Waals surface area contributed by atoms with Crippen molar-refractivity contribution >= 4 is 11.8 Å². The minimum absolute atomic E-state index is 0.0571. The molecule has 7 heteroatoms. The quantitative estimate of drug-likeness (QED) is 0.885. The smallest absolute Gasteiger partial charge is 0.225 e. The number of hydrogen-bond donors (Lipinski definition) is 1. The molecule has 0 aliphatic carbocycles. The van der Waals surface area contributed by atoms with Gasteiger partial charge in [-0.3, -0.25) is 14.5 Å². The lowest BCUT2D eigenvalue weighted by atomic mass is 10.1. The second-order valence-corrected chi connectivity index (χ2v) is 5.94. The molecule has 1 aliphatic rings. The number of nitrogens with one attached hydrogen (secondary N) is 1. The third-order valence-corrected chi connectivity index (χ3v) is 4.33. The molecule has 0 saturated carbocycles. The van der Waals surface area contributed by atoms with Crippen molar-refractivity contribution in [3.8, 4) is 5.75 Å². The van der Waals surface area contributed by atoms with E-state index in [-0.39, 0.29) is 29.3 Å². The fraction of sp³-hybridized carbons (Fsp3) is 0.529. The van der Waals surface area contributed by atoms with Gasteiger partial charge in [-0.15, -0.1) is 0 Å². The number of halogens is 1. The Labute approximate surface area is 141 Å². The summed E-state index contributed by atoms with van der Waals surface area (Å²) in [5.41, 5.74) is 0.515. The number of carbonyl (C=O) groups is 2. The van der Waals surface area contributed by atoms with E-state index in [4.69, 9.17) is 4.74 Å². The Balaban J connectivity index is 2.17. The maximum absolute atomic E-state index is 14.4. The van der Waals surface area contributed by atoms with Gasteiger partial charge in [0.1, 0.15) is 0 Å². The predicted molar refractivity (Wildman–Crippen MR) is 88.0 cm³/mol. The summed E-state index contributed by atoms with van der Waals surface area (Å²) in [6, 6.07) is 5.03. The lowest BCUT2D eigenvalue weighted by molar-refractivity contribution is -0.130. The third-order valence-electron chi connectivity index (χ3n) is 4.33. The fourth-order valence-electron chi connectivity index (χ4n) is 2.96. The highest BCUT2D eigenvalue weighted by Crippen LogP contribution is 2.22. The van der Waals surface area contributed by atoms with Crippen LogP contribution in [0.15, 0.2) is 18.2 Å². The Kier molecular flexibility index (Phi) is 6.14. The van der Waals surface area contributed by atoms with Crippen LogP contribution in [0.3, 0.4) is 0 Å². The largest absolute Gasteiger partial charge is 0.494 e. The Morgan fingerprint density at radius 2 is 2.08 bits per heavy atom. The van der Waals surface area contributed by atoms with Crippen molar-refractivity contribution in [3.63, 3.8) is 0 Å². The maximum Gasteiger partial charge on any atom is 0.225 e. The summed E-state index contributed by atoms with van der Waals surface area (Å²) in [7, 11) is 3.01. The number of amides is 2. The SMILES string of the molecule is CNC(=O)C1CN(Cc2cccc(OC)c2F)CCN(C(C)=O)C1. The molecule has 1 heterocycles. The summed E-state index contributed by atoms with van der Waals surface area (Å²) in [5, 5.41) is 2.64. The molecule has 1 saturated heterocycles. The van der Waals surface area contributed by atoms with Crippen LogP contribution < -0.4 is 10.1 Å². The molecule has 1 aromatic carbocycles. The summed E-state index contributed by atoms with van der Waals surface area (Å²) in [6.45, 7) is 3.82. The van der Waals surface area contributed by atoms with Gasteiger partial charge in [0.05, 0.1) is 13.0 Å². The van der Waals surface area contributed by atoms with Gasteiger partial charge >= 0.3 is 0 Å². The fourth-order valence-corrected chi connectivity index (χ4v) is 2.96. The van der Waals surface area contributed by atoms with Crippen LogP contribution >= 0.6 is 0 Å². The van der Waals surface area contributed by atoms with Gasteiger partial charge in [0.15, 0.2) is 11.6 Å². The van der Waals surface area contributed by atoms with Crippen LogP contribution in [-0.2, 0) is 16.1 Å². The minimum atomic E-state index is -0.385. The molecule has 1 aromatic rings. The van der Waals surface area contributed by atoms with Crippen LogP contribution in [0.25, 0.3) is 0 Å². The maximum atomic E-state index is 14.4. The molecule has 1 aliphatic heterocycles. The van der Waals surface area contributed by atoms with Gasteiger partial charge in [0, 0.05) is 52.3 Å². The molecule has 0 bridgehead atoms. The Bertz CT molecular complexity index is 609. The van der Waals surface area contributed by atoms with Crippen molar-refractivity contribution in [2.75, 3.05) is 40.3 Å². The highest BCUT2D eigenvalue weighted by atomic mass is 19.1. The Hall–Kier alpha value is -2.15. The van der Waals surface area contributed by atoms with Crippen molar-refractivity contribution in [2.24, 2.45) is 5.92 Å². The average Bonchev–Trinajstić information content (AvgIpc) is 2.79. The molecule has 2 rings (SSSR count). The van der Waals surface area contributed by atoms with E-state index in [1.54, 1.807) is 30.1 Å². The molecule has 24 heavy (non-hydrogen) atoms. The van der Waals surface area contributed by atoms with Crippen LogP contribution in [-0.4, -0.2) is 62.0 Å². The first-order valence-electron chi connectivity index (χ1n) is 7.97. The van der Waals surface area contributed by atoms with E-state index in [1.165, 1.54) is 14.0 Å². The first kappa shape index (κ1) is 18.2. The van der Waals surface area contributed by atoms with Crippen molar-refractivity contribution in [1.29, 1.82) is 0 Å². The van der Waals surface area contributed by atoms with E-state index < -0.39 is 0 Å². The standard InChI is InChI=1S/C17H24FN3O3/c1-12(22)21-8-7-20(10-14(11-21)17(23)19-2)9-13-5-4-6-15(24-3)16(13)18/h4-6,14H,7-11H2,1-3H3,(H,19,23). The number of nitrogens with zero attached hydrogens (tertiary/aromatic N) is 2. The number of hydrogen-bond acceptors (Lipinski definition) is 4. The van der Waals surface area contributed by atoms with Gasteiger partial charge in [0.25, 0.3) is 0 Å². The van der Waals surface area contributed by atoms with Crippen molar-refractivity contribution in [1.82, 2.24) is 15.1 Å². The molecule has 0 spiro atoms.